The third kappa shape index (κ3) is 1.55. The van der Waals surface area contributed by atoms with E-state index in [-0.39, 0.29) is 11.5 Å². The fourth-order valence-corrected chi connectivity index (χ4v) is 2.78. The predicted molar refractivity (Wildman–Crippen MR) is 70.3 cm³/mol. The van der Waals surface area contributed by atoms with E-state index in [0.29, 0.717) is 11.3 Å². The SMILES string of the molecule is Cn1c(=O)nc(-c2ccccc2F)c2ccsc21. The number of hydrogen-bond donors (Lipinski definition) is 0. The lowest BCUT2D eigenvalue weighted by Crippen LogP contribution is -2.20. The molecule has 0 amide bonds. The van der Waals surface area contributed by atoms with E-state index < -0.39 is 0 Å². The second kappa shape index (κ2) is 4.03. The van der Waals surface area contributed by atoms with Crippen molar-refractivity contribution in [1.29, 1.82) is 0 Å². The van der Waals surface area contributed by atoms with Gasteiger partial charge in [-0.25, -0.2) is 9.18 Å². The molecule has 3 aromatic rings. The van der Waals surface area contributed by atoms with Crippen molar-refractivity contribution < 1.29 is 4.39 Å². The van der Waals surface area contributed by atoms with Gasteiger partial charge in [0.25, 0.3) is 0 Å². The minimum absolute atomic E-state index is 0.360. The molecule has 0 atom stereocenters. The molecule has 0 fully saturated rings. The molecule has 0 aliphatic heterocycles. The largest absolute Gasteiger partial charge is 0.348 e. The number of benzene rings is 1. The Kier molecular flexibility index (Phi) is 2.48. The molecule has 5 heteroatoms. The van der Waals surface area contributed by atoms with E-state index in [1.807, 2.05) is 11.4 Å². The van der Waals surface area contributed by atoms with Crippen molar-refractivity contribution in [3.63, 3.8) is 0 Å². The van der Waals surface area contributed by atoms with Crippen molar-refractivity contribution in [2.75, 3.05) is 0 Å². The van der Waals surface area contributed by atoms with Crippen LogP contribution in [0.5, 0.6) is 0 Å². The monoisotopic (exact) mass is 260 g/mol. The average molecular weight is 260 g/mol. The first-order valence-electron chi connectivity index (χ1n) is 5.37. The van der Waals surface area contributed by atoms with Gasteiger partial charge in [0.1, 0.15) is 10.6 Å². The van der Waals surface area contributed by atoms with Crippen LogP contribution in [0.2, 0.25) is 0 Å². The highest BCUT2D eigenvalue weighted by Crippen LogP contribution is 2.29. The van der Waals surface area contributed by atoms with Gasteiger partial charge in [0, 0.05) is 18.0 Å². The molecule has 2 aromatic heterocycles. The zero-order chi connectivity index (χ0) is 12.7. The van der Waals surface area contributed by atoms with Gasteiger partial charge in [-0.3, -0.25) is 4.57 Å². The summed E-state index contributed by atoms with van der Waals surface area (Å²) in [6.45, 7) is 0. The number of nitrogens with zero attached hydrogens (tertiary/aromatic N) is 2. The number of rotatable bonds is 1. The highest BCUT2D eigenvalue weighted by Gasteiger charge is 2.13. The summed E-state index contributed by atoms with van der Waals surface area (Å²) < 4.78 is 15.3. The Balaban J connectivity index is 2.44. The highest BCUT2D eigenvalue weighted by atomic mass is 32.1. The first-order valence-corrected chi connectivity index (χ1v) is 6.25. The van der Waals surface area contributed by atoms with E-state index in [4.69, 9.17) is 0 Å². The molecular weight excluding hydrogens is 251 g/mol. The molecule has 1 aromatic carbocycles. The zero-order valence-electron chi connectivity index (χ0n) is 9.55. The maximum absolute atomic E-state index is 13.8. The van der Waals surface area contributed by atoms with E-state index in [0.717, 1.165) is 10.2 Å². The Labute approximate surface area is 106 Å². The molecule has 0 saturated heterocycles. The van der Waals surface area contributed by atoms with Crippen LogP contribution in [0.15, 0.2) is 40.5 Å². The molecular formula is C13H9FN2OS. The fraction of sp³-hybridized carbons (Fsp3) is 0.0769. The summed E-state index contributed by atoms with van der Waals surface area (Å²) in [6, 6.07) is 8.20. The normalized spacial score (nSPS) is 11.0. The van der Waals surface area contributed by atoms with Gasteiger partial charge < -0.3 is 0 Å². The molecule has 90 valence electrons. The van der Waals surface area contributed by atoms with E-state index >= 15 is 0 Å². The van der Waals surface area contributed by atoms with Crippen molar-refractivity contribution in [1.82, 2.24) is 9.55 Å². The fourth-order valence-electron chi connectivity index (χ4n) is 1.92. The van der Waals surface area contributed by atoms with Crippen LogP contribution in [0.3, 0.4) is 0 Å². The topological polar surface area (TPSA) is 34.9 Å². The lowest BCUT2D eigenvalue weighted by atomic mass is 10.1. The Bertz CT molecular complexity index is 791. The van der Waals surface area contributed by atoms with Crippen LogP contribution in [0.25, 0.3) is 21.5 Å². The Morgan fingerprint density at radius 3 is 2.83 bits per heavy atom. The summed E-state index contributed by atoms with van der Waals surface area (Å²) in [5, 5.41) is 2.67. The quantitative estimate of drug-likeness (QED) is 0.674. The number of aromatic nitrogens is 2. The van der Waals surface area contributed by atoms with Crippen molar-refractivity contribution in [2.45, 2.75) is 0 Å². The molecule has 0 N–H and O–H groups in total. The molecule has 0 bridgehead atoms. The van der Waals surface area contributed by atoms with Gasteiger partial charge in [-0.1, -0.05) is 12.1 Å². The molecule has 2 heterocycles. The molecule has 0 aliphatic rings. The molecule has 0 spiro atoms. The van der Waals surface area contributed by atoms with Gasteiger partial charge >= 0.3 is 5.69 Å². The molecule has 0 radical (unpaired) electrons. The standard InChI is InChI=1S/C13H9FN2OS/c1-16-12-9(6-7-18-12)11(15-13(16)17)8-4-2-3-5-10(8)14/h2-7H,1H3. The summed E-state index contributed by atoms with van der Waals surface area (Å²) in [6.07, 6.45) is 0. The minimum atomic E-state index is -0.372. The summed E-state index contributed by atoms with van der Waals surface area (Å²) in [4.78, 5) is 16.5. The Morgan fingerprint density at radius 2 is 2.06 bits per heavy atom. The zero-order valence-corrected chi connectivity index (χ0v) is 10.4. The van der Waals surface area contributed by atoms with Crippen LogP contribution < -0.4 is 5.69 Å². The number of hydrogen-bond acceptors (Lipinski definition) is 3. The summed E-state index contributed by atoms with van der Waals surface area (Å²) in [7, 11) is 1.67. The summed E-state index contributed by atoms with van der Waals surface area (Å²) >= 11 is 1.44. The maximum atomic E-state index is 13.8. The van der Waals surface area contributed by atoms with Crippen LogP contribution in [0.4, 0.5) is 4.39 Å². The van der Waals surface area contributed by atoms with E-state index in [9.17, 15) is 9.18 Å². The lowest BCUT2D eigenvalue weighted by Gasteiger charge is -2.06. The average Bonchev–Trinajstić information content (AvgIpc) is 2.84. The number of thiophene rings is 1. The second-order valence-corrected chi connectivity index (χ2v) is 4.82. The molecule has 18 heavy (non-hydrogen) atoms. The van der Waals surface area contributed by atoms with Gasteiger partial charge in [-0.05, 0) is 23.6 Å². The third-order valence-corrected chi connectivity index (χ3v) is 3.82. The molecule has 3 nitrogen and oxygen atoms in total. The van der Waals surface area contributed by atoms with Crippen molar-refractivity contribution in [2.24, 2.45) is 7.05 Å². The minimum Gasteiger partial charge on any atom is -0.286 e. The van der Waals surface area contributed by atoms with Crippen molar-refractivity contribution in [3.8, 4) is 11.3 Å². The van der Waals surface area contributed by atoms with Gasteiger partial charge in [-0.2, -0.15) is 4.98 Å². The van der Waals surface area contributed by atoms with E-state index in [1.165, 1.54) is 22.0 Å². The first-order chi connectivity index (χ1) is 8.68. The molecule has 0 saturated carbocycles. The van der Waals surface area contributed by atoms with Crippen molar-refractivity contribution in [3.05, 3.63) is 52.0 Å². The Morgan fingerprint density at radius 1 is 1.28 bits per heavy atom. The number of fused-ring (bicyclic) bond motifs is 1. The van der Waals surface area contributed by atoms with E-state index in [2.05, 4.69) is 4.98 Å². The van der Waals surface area contributed by atoms with Gasteiger partial charge in [0.2, 0.25) is 0 Å². The van der Waals surface area contributed by atoms with Gasteiger partial charge in [-0.15, -0.1) is 11.3 Å². The third-order valence-electron chi connectivity index (χ3n) is 2.83. The smallest absolute Gasteiger partial charge is 0.286 e. The van der Waals surface area contributed by atoms with Gasteiger partial charge in [0.15, 0.2) is 0 Å². The van der Waals surface area contributed by atoms with Crippen LogP contribution in [0.1, 0.15) is 0 Å². The van der Waals surface area contributed by atoms with Crippen molar-refractivity contribution >= 4 is 21.6 Å². The van der Waals surface area contributed by atoms with Crippen LogP contribution in [0, 0.1) is 5.82 Å². The number of aryl methyl sites for hydroxylation is 1. The molecule has 3 rings (SSSR count). The van der Waals surface area contributed by atoms with Crippen LogP contribution >= 0.6 is 11.3 Å². The van der Waals surface area contributed by atoms with Crippen LogP contribution in [-0.2, 0) is 7.05 Å². The van der Waals surface area contributed by atoms with E-state index in [1.54, 1.807) is 25.2 Å². The Hall–Kier alpha value is -2.01. The predicted octanol–water partition coefficient (Wildman–Crippen LogP) is 2.80. The lowest BCUT2D eigenvalue weighted by molar-refractivity contribution is 0.630. The number of halogens is 1. The second-order valence-electron chi connectivity index (χ2n) is 3.92. The van der Waals surface area contributed by atoms with Gasteiger partial charge in [0.05, 0.1) is 5.69 Å². The first kappa shape index (κ1) is 11.1. The van der Waals surface area contributed by atoms with Crippen LogP contribution in [-0.4, -0.2) is 9.55 Å². The summed E-state index contributed by atoms with van der Waals surface area (Å²) in [5.74, 6) is -0.370. The summed E-state index contributed by atoms with van der Waals surface area (Å²) in [5.41, 5.74) is 0.397. The highest BCUT2D eigenvalue weighted by molar-refractivity contribution is 7.16. The maximum Gasteiger partial charge on any atom is 0.348 e. The molecule has 0 unspecified atom stereocenters. The molecule has 0 aliphatic carbocycles.